The average molecular weight is 462 g/mol. The maximum Gasteiger partial charge on any atom is 0.144 e. The summed E-state index contributed by atoms with van der Waals surface area (Å²) in [6.07, 6.45) is 1.25. The SMILES string of the molecule is CC1CN(Cc2ccc(F)cc2)CCN1CC(O)CON=C1CCc2c1ccc1ccccc21. The van der Waals surface area contributed by atoms with Crippen LogP contribution in [-0.2, 0) is 17.8 Å². The predicted octanol–water partition coefficient (Wildman–Crippen LogP) is 4.21. The lowest BCUT2D eigenvalue weighted by Crippen LogP contribution is -2.53. The summed E-state index contributed by atoms with van der Waals surface area (Å²) >= 11 is 0. The molecule has 3 aromatic carbocycles. The van der Waals surface area contributed by atoms with E-state index in [9.17, 15) is 9.50 Å². The van der Waals surface area contributed by atoms with Crippen molar-refractivity contribution in [2.75, 3.05) is 32.8 Å². The van der Waals surface area contributed by atoms with Crippen LogP contribution in [0.5, 0.6) is 0 Å². The highest BCUT2D eigenvalue weighted by Gasteiger charge is 2.26. The molecule has 0 bridgehead atoms. The zero-order chi connectivity index (χ0) is 23.5. The van der Waals surface area contributed by atoms with Crippen molar-refractivity contribution in [3.8, 4) is 0 Å². The summed E-state index contributed by atoms with van der Waals surface area (Å²) in [4.78, 5) is 10.3. The molecule has 1 heterocycles. The van der Waals surface area contributed by atoms with Gasteiger partial charge in [-0.1, -0.05) is 53.7 Å². The molecule has 1 saturated heterocycles. The summed E-state index contributed by atoms with van der Waals surface area (Å²) in [6, 6.07) is 19.8. The lowest BCUT2D eigenvalue weighted by atomic mass is 10.0. The first-order valence-corrected chi connectivity index (χ1v) is 12.2. The molecule has 0 aromatic heterocycles. The first-order chi connectivity index (χ1) is 16.6. The van der Waals surface area contributed by atoms with Crippen LogP contribution in [0.15, 0.2) is 65.8 Å². The van der Waals surface area contributed by atoms with Crippen LogP contribution in [0.2, 0.25) is 0 Å². The summed E-state index contributed by atoms with van der Waals surface area (Å²) in [5, 5.41) is 17.5. The molecular weight excluding hydrogens is 429 g/mol. The molecule has 6 heteroatoms. The summed E-state index contributed by atoms with van der Waals surface area (Å²) < 4.78 is 13.1. The van der Waals surface area contributed by atoms with Gasteiger partial charge in [-0.25, -0.2) is 4.39 Å². The summed E-state index contributed by atoms with van der Waals surface area (Å²) in [6.45, 7) is 6.48. The van der Waals surface area contributed by atoms with Crippen LogP contribution < -0.4 is 0 Å². The second-order valence-corrected chi connectivity index (χ2v) is 9.51. The third kappa shape index (κ3) is 5.14. The average Bonchev–Trinajstić information content (AvgIpc) is 3.26. The van der Waals surface area contributed by atoms with E-state index in [1.54, 1.807) is 0 Å². The Morgan fingerprint density at radius 2 is 1.88 bits per heavy atom. The first kappa shape index (κ1) is 23.0. The maximum absolute atomic E-state index is 13.1. The van der Waals surface area contributed by atoms with Gasteiger partial charge < -0.3 is 9.94 Å². The molecule has 2 unspecified atom stereocenters. The molecule has 0 saturated carbocycles. The summed E-state index contributed by atoms with van der Waals surface area (Å²) in [5.41, 5.74) is 4.60. The molecular formula is C28H32FN3O2. The zero-order valence-corrected chi connectivity index (χ0v) is 19.7. The molecule has 1 fully saturated rings. The van der Waals surface area contributed by atoms with Crippen molar-refractivity contribution < 1.29 is 14.3 Å². The van der Waals surface area contributed by atoms with Gasteiger partial charge in [0.1, 0.15) is 18.5 Å². The monoisotopic (exact) mass is 461 g/mol. The van der Waals surface area contributed by atoms with Crippen LogP contribution in [0.4, 0.5) is 4.39 Å². The lowest BCUT2D eigenvalue weighted by molar-refractivity contribution is -0.00628. The fraction of sp³-hybridized carbons (Fsp3) is 0.393. The highest BCUT2D eigenvalue weighted by molar-refractivity contribution is 6.08. The number of aliphatic hydroxyl groups excluding tert-OH is 1. The fourth-order valence-electron chi connectivity index (χ4n) is 5.21. The largest absolute Gasteiger partial charge is 0.393 e. The first-order valence-electron chi connectivity index (χ1n) is 12.2. The van der Waals surface area contributed by atoms with Gasteiger partial charge >= 0.3 is 0 Å². The summed E-state index contributed by atoms with van der Waals surface area (Å²) in [7, 11) is 0. The number of rotatable bonds is 7. The van der Waals surface area contributed by atoms with Crippen molar-refractivity contribution >= 4 is 16.5 Å². The molecule has 3 aromatic rings. The number of nitrogens with zero attached hydrogens (tertiary/aromatic N) is 3. The van der Waals surface area contributed by atoms with E-state index in [2.05, 4.69) is 58.3 Å². The topological polar surface area (TPSA) is 48.3 Å². The standard InChI is InChI=1S/C28H32FN3O2/c1-20-16-31(17-21-6-9-23(29)10-7-21)14-15-32(20)18-24(33)19-34-30-28-13-12-26-25-5-3-2-4-22(25)8-11-27(26)28/h2-11,20,24,33H,12-19H2,1H3. The number of fused-ring (bicyclic) bond motifs is 3. The van der Waals surface area contributed by atoms with E-state index in [4.69, 9.17) is 4.84 Å². The fourth-order valence-corrected chi connectivity index (χ4v) is 5.21. The molecule has 1 N–H and O–H groups in total. The Morgan fingerprint density at radius 1 is 1.06 bits per heavy atom. The molecule has 34 heavy (non-hydrogen) atoms. The summed E-state index contributed by atoms with van der Waals surface area (Å²) in [5.74, 6) is -0.200. The molecule has 2 atom stereocenters. The third-order valence-corrected chi connectivity index (χ3v) is 7.02. The Balaban J connectivity index is 1.11. The highest BCUT2D eigenvalue weighted by atomic mass is 19.1. The molecule has 0 radical (unpaired) electrons. The van der Waals surface area contributed by atoms with Crippen LogP contribution in [0.1, 0.15) is 30.0 Å². The maximum atomic E-state index is 13.1. The molecule has 5 rings (SSSR count). The van der Waals surface area contributed by atoms with E-state index in [0.29, 0.717) is 12.6 Å². The minimum absolute atomic E-state index is 0.189. The Labute approximate surface area is 200 Å². The number of hydrogen-bond donors (Lipinski definition) is 1. The molecule has 5 nitrogen and oxygen atoms in total. The van der Waals surface area contributed by atoms with Gasteiger partial charge in [-0.2, -0.15) is 0 Å². The van der Waals surface area contributed by atoms with E-state index < -0.39 is 6.10 Å². The van der Waals surface area contributed by atoms with Gasteiger partial charge in [-0.15, -0.1) is 0 Å². The van der Waals surface area contributed by atoms with Crippen molar-refractivity contribution in [2.24, 2.45) is 5.16 Å². The zero-order valence-electron chi connectivity index (χ0n) is 19.7. The van der Waals surface area contributed by atoms with Crippen molar-refractivity contribution in [2.45, 2.75) is 38.5 Å². The molecule has 1 aliphatic heterocycles. The van der Waals surface area contributed by atoms with Crippen molar-refractivity contribution in [3.05, 3.63) is 83.2 Å². The van der Waals surface area contributed by atoms with Crippen molar-refractivity contribution in [1.29, 1.82) is 0 Å². The van der Waals surface area contributed by atoms with Gasteiger partial charge in [-0.05, 0) is 53.8 Å². The number of halogens is 1. The number of hydrogen-bond acceptors (Lipinski definition) is 5. The van der Waals surface area contributed by atoms with E-state index in [1.165, 1.54) is 34.0 Å². The molecule has 2 aliphatic rings. The predicted molar refractivity (Wildman–Crippen MR) is 133 cm³/mol. The van der Waals surface area contributed by atoms with Gasteiger partial charge in [-0.3, -0.25) is 9.80 Å². The Hall–Kier alpha value is -2.80. The minimum atomic E-state index is -0.590. The van der Waals surface area contributed by atoms with E-state index in [0.717, 1.165) is 50.3 Å². The van der Waals surface area contributed by atoms with Gasteiger partial charge in [0.25, 0.3) is 0 Å². The van der Waals surface area contributed by atoms with Gasteiger partial charge in [0.2, 0.25) is 0 Å². The highest BCUT2D eigenvalue weighted by Crippen LogP contribution is 2.30. The number of oxime groups is 1. The number of aryl methyl sites for hydroxylation is 1. The van der Waals surface area contributed by atoms with Gasteiger partial charge in [0.05, 0.1) is 5.71 Å². The van der Waals surface area contributed by atoms with Crippen molar-refractivity contribution in [3.63, 3.8) is 0 Å². The number of β-amino-alcohol motifs (C(OH)–C–C–N with tert-alkyl or cyclic N) is 1. The van der Waals surface area contributed by atoms with Gasteiger partial charge in [0, 0.05) is 44.3 Å². The van der Waals surface area contributed by atoms with E-state index in [-0.39, 0.29) is 12.4 Å². The molecule has 1 aliphatic carbocycles. The van der Waals surface area contributed by atoms with Crippen LogP contribution in [-0.4, -0.2) is 65.5 Å². The van der Waals surface area contributed by atoms with Crippen LogP contribution >= 0.6 is 0 Å². The number of aliphatic hydroxyl groups is 1. The smallest absolute Gasteiger partial charge is 0.144 e. The van der Waals surface area contributed by atoms with Crippen molar-refractivity contribution in [1.82, 2.24) is 9.80 Å². The van der Waals surface area contributed by atoms with E-state index >= 15 is 0 Å². The Kier molecular flexibility index (Phi) is 6.90. The quantitative estimate of drug-likeness (QED) is 0.536. The molecule has 0 spiro atoms. The molecule has 178 valence electrons. The second-order valence-electron chi connectivity index (χ2n) is 9.51. The minimum Gasteiger partial charge on any atom is -0.393 e. The Morgan fingerprint density at radius 3 is 2.71 bits per heavy atom. The normalized spacial score (nSPS) is 21.1. The lowest BCUT2D eigenvalue weighted by Gasteiger charge is -2.40. The van der Waals surface area contributed by atoms with E-state index in [1.807, 2.05) is 12.1 Å². The van der Waals surface area contributed by atoms with Gasteiger partial charge in [0.15, 0.2) is 0 Å². The second kappa shape index (κ2) is 10.2. The Bertz CT molecular complexity index is 1160. The van der Waals surface area contributed by atoms with Crippen LogP contribution in [0, 0.1) is 5.82 Å². The third-order valence-electron chi connectivity index (χ3n) is 7.02. The number of benzene rings is 3. The van der Waals surface area contributed by atoms with Crippen LogP contribution in [0.3, 0.4) is 0 Å². The number of piperazine rings is 1. The van der Waals surface area contributed by atoms with Crippen LogP contribution in [0.25, 0.3) is 10.8 Å². The molecule has 0 amide bonds.